The van der Waals surface area contributed by atoms with Crippen LogP contribution in [0.2, 0.25) is 0 Å². The smallest absolute Gasteiger partial charge is 0.214 e. The molecule has 1 aromatic carbocycles. The fourth-order valence-electron chi connectivity index (χ4n) is 2.34. The molecule has 0 saturated heterocycles. The maximum absolute atomic E-state index is 4.47. The zero-order valence-corrected chi connectivity index (χ0v) is 14.5. The van der Waals surface area contributed by atoms with Gasteiger partial charge in [0, 0.05) is 18.3 Å². The lowest BCUT2D eigenvalue weighted by atomic mass is 10.1. The summed E-state index contributed by atoms with van der Waals surface area (Å²) in [5, 5.41) is 10.6. The van der Waals surface area contributed by atoms with Crippen molar-refractivity contribution in [3.05, 3.63) is 60.8 Å². The van der Waals surface area contributed by atoms with Crippen molar-refractivity contribution in [2.75, 3.05) is 11.4 Å². The number of pyridine rings is 1. The van der Waals surface area contributed by atoms with Gasteiger partial charge in [-0.25, -0.2) is 4.98 Å². The minimum atomic E-state index is 0.880. The van der Waals surface area contributed by atoms with E-state index in [-0.39, 0.29) is 0 Å². The summed E-state index contributed by atoms with van der Waals surface area (Å²) in [5.41, 5.74) is 2.17. The minimum absolute atomic E-state index is 0.880. The molecule has 0 spiro atoms. The number of unbranched alkanes of at least 4 members (excludes halogenated alkanes) is 1. The Labute approximate surface area is 146 Å². The maximum Gasteiger partial charge on any atom is 0.214 e. The summed E-state index contributed by atoms with van der Waals surface area (Å²) in [6.07, 6.45) is 5.85. The van der Waals surface area contributed by atoms with Crippen LogP contribution in [0.1, 0.15) is 25.3 Å². The molecule has 3 rings (SSSR count). The molecule has 0 fully saturated rings. The van der Waals surface area contributed by atoms with E-state index in [1.54, 1.807) is 11.3 Å². The summed E-state index contributed by atoms with van der Waals surface area (Å²) >= 11 is 1.59. The molecule has 3 aromatic rings. The molecule has 0 bridgehead atoms. The Morgan fingerprint density at radius 2 is 1.96 bits per heavy atom. The van der Waals surface area contributed by atoms with Gasteiger partial charge in [0.15, 0.2) is 0 Å². The molecular weight excluding hydrogens is 316 g/mol. The standard InChI is InChI=1S/C19H20N4S/c1-3-5-14-23(17-8-6-7-13-20-17)19-22-21-18(24-19)16-11-9-15(4-2)10-12-16/h4,6-13H,2-3,5,14H2,1H3. The van der Waals surface area contributed by atoms with Crippen molar-refractivity contribution in [3.63, 3.8) is 0 Å². The van der Waals surface area contributed by atoms with Crippen molar-refractivity contribution in [1.82, 2.24) is 15.2 Å². The first-order chi connectivity index (χ1) is 11.8. The normalized spacial score (nSPS) is 10.5. The van der Waals surface area contributed by atoms with Crippen LogP contribution in [0.25, 0.3) is 16.6 Å². The molecule has 24 heavy (non-hydrogen) atoms. The number of rotatable bonds is 7. The fraction of sp³-hybridized carbons (Fsp3) is 0.211. The van der Waals surface area contributed by atoms with Crippen molar-refractivity contribution in [3.8, 4) is 10.6 Å². The van der Waals surface area contributed by atoms with Crippen LogP contribution >= 0.6 is 11.3 Å². The molecule has 0 atom stereocenters. The first kappa shape index (κ1) is 16.3. The molecule has 0 N–H and O–H groups in total. The van der Waals surface area contributed by atoms with Crippen LogP contribution in [0.5, 0.6) is 0 Å². The fourth-order valence-corrected chi connectivity index (χ4v) is 3.23. The quantitative estimate of drug-likeness (QED) is 0.596. The van der Waals surface area contributed by atoms with E-state index in [2.05, 4.69) is 45.7 Å². The Kier molecular flexibility index (Phi) is 5.33. The molecule has 0 saturated carbocycles. The summed E-state index contributed by atoms with van der Waals surface area (Å²) in [5.74, 6) is 0.913. The van der Waals surface area contributed by atoms with E-state index in [0.29, 0.717) is 0 Å². The van der Waals surface area contributed by atoms with Crippen molar-refractivity contribution >= 4 is 28.4 Å². The van der Waals surface area contributed by atoms with E-state index < -0.39 is 0 Å². The lowest BCUT2D eigenvalue weighted by Gasteiger charge is -2.19. The zero-order chi connectivity index (χ0) is 16.8. The van der Waals surface area contributed by atoms with Gasteiger partial charge in [-0.3, -0.25) is 0 Å². The predicted octanol–water partition coefficient (Wildman–Crippen LogP) is 5.18. The van der Waals surface area contributed by atoms with Crippen molar-refractivity contribution in [1.29, 1.82) is 0 Å². The minimum Gasteiger partial charge on any atom is -0.301 e. The monoisotopic (exact) mass is 336 g/mol. The number of aromatic nitrogens is 3. The second-order valence-electron chi connectivity index (χ2n) is 5.41. The van der Waals surface area contributed by atoms with Gasteiger partial charge in [-0.05, 0) is 24.1 Å². The molecule has 2 aromatic heterocycles. The summed E-state index contributed by atoms with van der Waals surface area (Å²) in [7, 11) is 0. The lowest BCUT2D eigenvalue weighted by Crippen LogP contribution is -2.19. The van der Waals surface area contributed by atoms with Gasteiger partial charge in [-0.2, -0.15) is 0 Å². The first-order valence-corrected chi connectivity index (χ1v) is 8.88. The Balaban J connectivity index is 1.89. The molecule has 0 aliphatic heterocycles. The van der Waals surface area contributed by atoms with Crippen molar-refractivity contribution in [2.45, 2.75) is 19.8 Å². The van der Waals surface area contributed by atoms with Crippen molar-refractivity contribution in [2.24, 2.45) is 0 Å². The van der Waals surface area contributed by atoms with Gasteiger partial charge in [0.25, 0.3) is 0 Å². The van der Waals surface area contributed by atoms with E-state index in [4.69, 9.17) is 0 Å². The van der Waals surface area contributed by atoms with Crippen LogP contribution in [0, 0.1) is 0 Å². The van der Waals surface area contributed by atoms with E-state index in [1.807, 2.05) is 42.6 Å². The highest BCUT2D eigenvalue weighted by Gasteiger charge is 2.16. The Morgan fingerprint density at radius 3 is 2.62 bits per heavy atom. The summed E-state index contributed by atoms with van der Waals surface area (Å²) in [4.78, 5) is 6.61. The van der Waals surface area contributed by atoms with Crippen LogP contribution in [0.4, 0.5) is 10.9 Å². The largest absolute Gasteiger partial charge is 0.301 e. The van der Waals surface area contributed by atoms with Gasteiger partial charge in [-0.15, -0.1) is 10.2 Å². The zero-order valence-electron chi connectivity index (χ0n) is 13.7. The van der Waals surface area contributed by atoms with Gasteiger partial charge >= 0.3 is 0 Å². The van der Waals surface area contributed by atoms with Crippen LogP contribution in [-0.2, 0) is 0 Å². The highest BCUT2D eigenvalue weighted by molar-refractivity contribution is 7.18. The average Bonchev–Trinajstić information content (AvgIpc) is 3.13. The molecule has 0 radical (unpaired) electrons. The topological polar surface area (TPSA) is 41.9 Å². The van der Waals surface area contributed by atoms with Crippen molar-refractivity contribution < 1.29 is 0 Å². The highest BCUT2D eigenvalue weighted by atomic mass is 32.1. The molecule has 0 aliphatic rings. The van der Waals surface area contributed by atoms with E-state index in [9.17, 15) is 0 Å². The summed E-state index contributed by atoms with van der Waals surface area (Å²) < 4.78 is 0. The molecule has 0 aliphatic carbocycles. The lowest BCUT2D eigenvalue weighted by molar-refractivity contribution is 0.774. The third-order valence-corrected chi connectivity index (χ3v) is 4.69. The molecule has 5 heteroatoms. The number of benzene rings is 1. The highest BCUT2D eigenvalue weighted by Crippen LogP contribution is 2.32. The number of anilines is 2. The van der Waals surface area contributed by atoms with Crippen LogP contribution in [0.15, 0.2) is 55.2 Å². The molecule has 2 heterocycles. The van der Waals surface area contributed by atoms with Crippen LogP contribution in [-0.4, -0.2) is 21.7 Å². The van der Waals surface area contributed by atoms with Crippen LogP contribution in [0.3, 0.4) is 0 Å². The molecule has 0 unspecified atom stereocenters. The number of nitrogens with zero attached hydrogens (tertiary/aromatic N) is 4. The second-order valence-corrected chi connectivity index (χ2v) is 6.37. The first-order valence-electron chi connectivity index (χ1n) is 8.06. The second kappa shape index (κ2) is 7.84. The number of hydrogen-bond donors (Lipinski definition) is 0. The Morgan fingerprint density at radius 1 is 1.12 bits per heavy atom. The molecule has 4 nitrogen and oxygen atoms in total. The third kappa shape index (κ3) is 3.68. The SMILES string of the molecule is C=Cc1ccc(-c2nnc(N(CCCC)c3ccccn3)s2)cc1. The predicted molar refractivity (Wildman–Crippen MR) is 102 cm³/mol. The molecule has 122 valence electrons. The third-order valence-electron chi connectivity index (χ3n) is 3.70. The Hall–Kier alpha value is -2.53. The van der Waals surface area contributed by atoms with Gasteiger partial charge in [-0.1, -0.05) is 67.7 Å². The van der Waals surface area contributed by atoms with Gasteiger partial charge in [0.1, 0.15) is 10.8 Å². The maximum atomic E-state index is 4.47. The number of hydrogen-bond acceptors (Lipinski definition) is 5. The summed E-state index contributed by atoms with van der Waals surface area (Å²) in [6, 6.07) is 14.1. The van der Waals surface area contributed by atoms with E-state index >= 15 is 0 Å². The molecule has 0 amide bonds. The van der Waals surface area contributed by atoms with Crippen LogP contribution < -0.4 is 4.90 Å². The van der Waals surface area contributed by atoms with Gasteiger partial charge in [0.2, 0.25) is 5.13 Å². The van der Waals surface area contributed by atoms with E-state index in [0.717, 1.165) is 46.5 Å². The average molecular weight is 336 g/mol. The summed E-state index contributed by atoms with van der Waals surface area (Å²) in [6.45, 7) is 6.85. The van der Waals surface area contributed by atoms with Gasteiger partial charge < -0.3 is 4.90 Å². The van der Waals surface area contributed by atoms with Gasteiger partial charge in [0.05, 0.1) is 0 Å². The Bertz CT molecular complexity index is 781. The van der Waals surface area contributed by atoms with E-state index in [1.165, 1.54) is 0 Å². The molecular formula is C19H20N4S.